The number of hydrogen-bond donors (Lipinski definition) is 2. The van der Waals surface area contributed by atoms with Crippen molar-refractivity contribution in [2.45, 2.75) is 6.92 Å². The number of imidazole rings is 1. The van der Waals surface area contributed by atoms with Gasteiger partial charge in [0.2, 0.25) is 0 Å². The highest BCUT2D eigenvalue weighted by atomic mass is 16.5. The Morgan fingerprint density at radius 1 is 1.42 bits per heavy atom. The van der Waals surface area contributed by atoms with E-state index in [9.17, 15) is 9.59 Å². The van der Waals surface area contributed by atoms with Crippen LogP contribution in [0.5, 0.6) is 5.75 Å². The maximum absolute atomic E-state index is 11.7. The summed E-state index contributed by atoms with van der Waals surface area (Å²) in [5.41, 5.74) is 1.30. The smallest absolute Gasteiger partial charge is 0.341 e. The highest BCUT2D eigenvalue weighted by Crippen LogP contribution is 2.24. The molecule has 0 radical (unpaired) electrons. The van der Waals surface area contributed by atoms with Crippen LogP contribution in [0.1, 0.15) is 16.2 Å². The minimum Gasteiger partial charge on any atom is -0.482 e. The summed E-state index contributed by atoms with van der Waals surface area (Å²) in [5, 5.41) is 8.58. The van der Waals surface area contributed by atoms with E-state index in [0.717, 1.165) is 0 Å². The van der Waals surface area contributed by atoms with Gasteiger partial charge in [-0.3, -0.25) is 0 Å². The second-order valence-corrected chi connectivity index (χ2v) is 3.86. The highest BCUT2D eigenvalue weighted by Gasteiger charge is 2.16. The van der Waals surface area contributed by atoms with E-state index in [0.29, 0.717) is 16.9 Å². The zero-order valence-corrected chi connectivity index (χ0v) is 10.4. The molecule has 1 heterocycles. The first-order valence-electron chi connectivity index (χ1n) is 5.44. The fourth-order valence-electron chi connectivity index (χ4n) is 1.71. The molecule has 0 atom stereocenters. The van der Waals surface area contributed by atoms with Gasteiger partial charge in [-0.15, -0.1) is 0 Å². The Balaban J connectivity index is 2.49. The molecule has 2 rings (SSSR count). The van der Waals surface area contributed by atoms with Gasteiger partial charge < -0.3 is 19.6 Å². The fourth-order valence-corrected chi connectivity index (χ4v) is 1.71. The fraction of sp³-hybridized carbons (Fsp3) is 0.250. The molecule has 0 saturated carbocycles. The van der Waals surface area contributed by atoms with Crippen molar-refractivity contribution in [3.05, 3.63) is 23.5 Å². The largest absolute Gasteiger partial charge is 0.482 e. The van der Waals surface area contributed by atoms with Crippen molar-refractivity contribution in [2.24, 2.45) is 0 Å². The van der Waals surface area contributed by atoms with E-state index in [-0.39, 0.29) is 11.3 Å². The SMILES string of the molecule is COC(=O)c1cc(OCC(=O)O)cc2nc(C)[nH]c12. The summed E-state index contributed by atoms with van der Waals surface area (Å²) in [6.45, 7) is 1.26. The minimum atomic E-state index is -1.10. The molecule has 2 aromatic rings. The Hall–Kier alpha value is -2.57. The van der Waals surface area contributed by atoms with Gasteiger partial charge in [0.05, 0.1) is 23.7 Å². The number of rotatable bonds is 4. The van der Waals surface area contributed by atoms with Crippen molar-refractivity contribution >= 4 is 23.0 Å². The average Bonchev–Trinajstić information content (AvgIpc) is 2.74. The number of aromatic nitrogens is 2. The first-order chi connectivity index (χ1) is 9.01. The van der Waals surface area contributed by atoms with Crippen LogP contribution in [0.3, 0.4) is 0 Å². The molecule has 7 heteroatoms. The standard InChI is InChI=1S/C12H12N2O5/c1-6-13-9-4-7(19-5-10(15)16)3-8(11(9)14-6)12(17)18-2/h3-4H,5H2,1-2H3,(H,13,14)(H,15,16). The molecule has 0 saturated heterocycles. The Kier molecular flexibility index (Phi) is 3.37. The normalized spacial score (nSPS) is 10.4. The van der Waals surface area contributed by atoms with Gasteiger partial charge in [-0.25, -0.2) is 14.6 Å². The molecule has 7 nitrogen and oxygen atoms in total. The molecule has 1 aromatic heterocycles. The molecule has 0 aliphatic carbocycles. The van der Waals surface area contributed by atoms with E-state index in [1.54, 1.807) is 13.0 Å². The second kappa shape index (κ2) is 4.97. The number of carbonyl (C=O) groups is 2. The zero-order chi connectivity index (χ0) is 14.0. The van der Waals surface area contributed by atoms with Crippen LogP contribution < -0.4 is 4.74 Å². The molecule has 100 valence electrons. The molecule has 2 N–H and O–H groups in total. The van der Waals surface area contributed by atoms with E-state index < -0.39 is 18.5 Å². The van der Waals surface area contributed by atoms with Crippen molar-refractivity contribution in [2.75, 3.05) is 13.7 Å². The summed E-state index contributed by atoms with van der Waals surface area (Å²) in [6, 6.07) is 2.99. The Labute approximate surface area is 108 Å². The number of carbonyl (C=O) groups excluding carboxylic acids is 1. The summed E-state index contributed by atoms with van der Waals surface area (Å²) < 4.78 is 9.73. The van der Waals surface area contributed by atoms with Crippen molar-refractivity contribution in [1.29, 1.82) is 0 Å². The van der Waals surface area contributed by atoms with Crippen LogP contribution in [-0.2, 0) is 9.53 Å². The lowest BCUT2D eigenvalue weighted by atomic mass is 10.1. The number of esters is 1. The maximum Gasteiger partial charge on any atom is 0.341 e. The summed E-state index contributed by atoms with van der Waals surface area (Å²) in [7, 11) is 1.27. The average molecular weight is 264 g/mol. The third-order valence-electron chi connectivity index (χ3n) is 2.45. The number of carboxylic acids is 1. The monoisotopic (exact) mass is 264 g/mol. The third kappa shape index (κ3) is 2.65. The van der Waals surface area contributed by atoms with Gasteiger partial charge in [-0.2, -0.15) is 0 Å². The third-order valence-corrected chi connectivity index (χ3v) is 2.45. The number of nitrogens with one attached hydrogen (secondary N) is 1. The molecule has 0 aliphatic rings. The number of benzene rings is 1. The molecule has 0 amide bonds. The number of aromatic amines is 1. The number of carboxylic acid groups (broad SMARTS) is 1. The van der Waals surface area contributed by atoms with Gasteiger partial charge in [-0.1, -0.05) is 0 Å². The Bertz CT molecular complexity index is 647. The van der Waals surface area contributed by atoms with Gasteiger partial charge in [0.15, 0.2) is 6.61 Å². The van der Waals surface area contributed by atoms with Crippen LogP contribution in [0, 0.1) is 6.92 Å². The van der Waals surface area contributed by atoms with E-state index in [1.165, 1.54) is 13.2 Å². The van der Waals surface area contributed by atoms with Crippen molar-refractivity contribution in [3.63, 3.8) is 0 Å². The molecule has 0 fully saturated rings. The molecule has 1 aromatic carbocycles. The molecule has 0 aliphatic heterocycles. The van der Waals surface area contributed by atoms with Crippen LogP contribution in [0.25, 0.3) is 11.0 Å². The van der Waals surface area contributed by atoms with E-state index >= 15 is 0 Å². The number of ether oxygens (including phenoxy) is 2. The van der Waals surface area contributed by atoms with Crippen LogP contribution in [-0.4, -0.2) is 40.7 Å². The van der Waals surface area contributed by atoms with Crippen LogP contribution >= 0.6 is 0 Å². The second-order valence-electron chi connectivity index (χ2n) is 3.86. The van der Waals surface area contributed by atoms with Crippen LogP contribution in [0.4, 0.5) is 0 Å². The molecule has 19 heavy (non-hydrogen) atoms. The lowest BCUT2D eigenvalue weighted by molar-refractivity contribution is -0.139. The van der Waals surface area contributed by atoms with E-state index in [2.05, 4.69) is 14.7 Å². The summed E-state index contributed by atoms with van der Waals surface area (Å²) in [6.07, 6.45) is 0. The Morgan fingerprint density at radius 3 is 2.79 bits per heavy atom. The van der Waals surface area contributed by atoms with Crippen molar-refractivity contribution < 1.29 is 24.2 Å². The zero-order valence-electron chi connectivity index (χ0n) is 10.4. The van der Waals surface area contributed by atoms with Gasteiger partial charge in [0.25, 0.3) is 0 Å². The number of fused-ring (bicyclic) bond motifs is 1. The maximum atomic E-state index is 11.7. The molecule has 0 spiro atoms. The highest BCUT2D eigenvalue weighted by molar-refractivity contribution is 6.02. The van der Waals surface area contributed by atoms with Gasteiger partial charge in [-0.05, 0) is 13.0 Å². The van der Waals surface area contributed by atoms with E-state index in [1.807, 2.05) is 0 Å². The van der Waals surface area contributed by atoms with Gasteiger partial charge >= 0.3 is 11.9 Å². The number of H-pyrrole nitrogens is 1. The Morgan fingerprint density at radius 2 is 2.16 bits per heavy atom. The topological polar surface area (TPSA) is 102 Å². The predicted octanol–water partition coefficient (Wildman–Crippen LogP) is 1.12. The molecule has 0 bridgehead atoms. The van der Waals surface area contributed by atoms with Gasteiger partial charge in [0.1, 0.15) is 11.6 Å². The first-order valence-corrected chi connectivity index (χ1v) is 5.44. The van der Waals surface area contributed by atoms with Crippen molar-refractivity contribution in [1.82, 2.24) is 9.97 Å². The molecular formula is C12H12N2O5. The van der Waals surface area contributed by atoms with Crippen LogP contribution in [0.15, 0.2) is 12.1 Å². The van der Waals surface area contributed by atoms with Gasteiger partial charge in [0, 0.05) is 6.07 Å². The lowest BCUT2D eigenvalue weighted by Gasteiger charge is -2.06. The number of aliphatic carboxylic acids is 1. The number of hydrogen-bond acceptors (Lipinski definition) is 5. The summed E-state index contributed by atoms with van der Waals surface area (Å²) in [5.74, 6) is -0.760. The van der Waals surface area contributed by atoms with Crippen LogP contribution in [0.2, 0.25) is 0 Å². The summed E-state index contributed by atoms with van der Waals surface area (Å²) >= 11 is 0. The first kappa shape index (κ1) is 12.9. The molecule has 0 unspecified atom stereocenters. The quantitative estimate of drug-likeness (QED) is 0.802. The number of methoxy groups -OCH3 is 1. The lowest BCUT2D eigenvalue weighted by Crippen LogP contribution is -2.10. The minimum absolute atomic E-state index is 0.251. The number of nitrogens with zero attached hydrogens (tertiary/aromatic N) is 1. The van der Waals surface area contributed by atoms with E-state index in [4.69, 9.17) is 9.84 Å². The predicted molar refractivity (Wildman–Crippen MR) is 65.3 cm³/mol. The molecular weight excluding hydrogens is 252 g/mol. The summed E-state index contributed by atoms with van der Waals surface area (Å²) in [4.78, 5) is 29.3. The number of aryl methyl sites for hydroxylation is 1. The van der Waals surface area contributed by atoms with Crippen molar-refractivity contribution in [3.8, 4) is 5.75 Å².